The number of hydrogen-bond acceptors (Lipinski definition) is 1. The Morgan fingerprint density at radius 2 is 1.68 bits per heavy atom. The number of alkyl halides is 1. The van der Waals surface area contributed by atoms with E-state index in [1.165, 1.54) is 0 Å². The first-order chi connectivity index (χ1) is 8.97. The number of carbonyl (C=O) groups excluding carboxylic acids is 1. The first kappa shape index (κ1) is 16.2. The Hall–Kier alpha value is -0.830. The molecule has 1 aromatic rings. The first-order valence-electron chi connectivity index (χ1n) is 6.98. The van der Waals surface area contributed by atoms with Crippen molar-refractivity contribution in [2.45, 2.75) is 45.4 Å². The molecule has 106 valence electrons. The third-order valence-electron chi connectivity index (χ3n) is 3.50. The lowest BCUT2D eigenvalue weighted by molar-refractivity contribution is 0.0952. The summed E-state index contributed by atoms with van der Waals surface area (Å²) in [5.41, 5.74) is 3.00. The summed E-state index contributed by atoms with van der Waals surface area (Å²) >= 11 is 3.68. The molecular weight excluding hydrogens is 302 g/mol. The number of rotatable bonds is 6. The van der Waals surface area contributed by atoms with Gasteiger partial charge >= 0.3 is 0 Å². The quantitative estimate of drug-likeness (QED) is 0.779. The third kappa shape index (κ3) is 4.98. The Bertz CT molecular complexity index is 407. The second kappa shape index (κ2) is 7.68. The van der Waals surface area contributed by atoms with E-state index in [0.29, 0.717) is 17.3 Å². The maximum Gasteiger partial charge on any atom is 0.251 e. The van der Waals surface area contributed by atoms with Crippen LogP contribution < -0.4 is 5.32 Å². The maximum atomic E-state index is 12.1. The highest BCUT2D eigenvalue weighted by atomic mass is 79.9. The summed E-state index contributed by atoms with van der Waals surface area (Å²) in [6.45, 7) is 9.09. The Morgan fingerprint density at radius 3 is 2.16 bits per heavy atom. The summed E-state index contributed by atoms with van der Waals surface area (Å²) in [6, 6.07) is 5.94. The summed E-state index contributed by atoms with van der Waals surface area (Å²) in [5.74, 6) is 0.627. The fourth-order valence-corrected chi connectivity index (χ4v) is 3.27. The van der Waals surface area contributed by atoms with Gasteiger partial charge in [-0.2, -0.15) is 0 Å². The molecule has 19 heavy (non-hydrogen) atoms. The van der Waals surface area contributed by atoms with Crippen LogP contribution in [0.1, 0.15) is 48.2 Å². The van der Waals surface area contributed by atoms with E-state index in [0.717, 1.165) is 29.5 Å². The molecule has 1 atom stereocenters. The van der Waals surface area contributed by atoms with Crippen molar-refractivity contribution in [3.05, 3.63) is 34.9 Å². The molecule has 1 rings (SSSR count). The molecule has 1 amide bonds. The Labute approximate surface area is 125 Å². The molecule has 0 saturated heterocycles. The first-order valence-corrected chi connectivity index (χ1v) is 7.90. The van der Waals surface area contributed by atoms with Gasteiger partial charge in [0.15, 0.2) is 0 Å². The minimum absolute atomic E-state index is 0.0159. The average Bonchev–Trinajstić information content (AvgIpc) is 2.36. The van der Waals surface area contributed by atoms with Crippen molar-refractivity contribution < 1.29 is 4.79 Å². The van der Waals surface area contributed by atoms with Crippen LogP contribution in [0.15, 0.2) is 18.2 Å². The molecule has 0 aliphatic heterocycles. The van der Waals surface area contributed by atoms with E-state index in [-0.39, 0.29) is 5.91 Å². The number of amides is 1. The van der Waals surface area contributed by atoms with Crippen molar-refractivity contribution in [1.29, 1.82) is 0 Å². The number of carbonyl (C=O) groups is 1. The van der Waals surface area contributed by atoms with Crippen LogP contribution in [-0.4, -0.2) is 17.3 Å². The minimum atomic E-state index is 0.0159. The predicted octanol–water partition coefficient (Wildman–Crippen LogP) is 4.23. The molecule has 0 heterocycles. The summed E-state index contributed by atoms with van der Waals surface area (Å²) in [7, 11) is 0. The Morgan fingerprint density at radius 1 is 1.16 bits per heavy atom. The van der Waals surface area contributed by atoms with E-state index in [1.54, 1.807) is 0 Å². The summed E-state index contributed by atoms with van der Waals surface area (Å²) < 4.78 is 0. The predicted molar refractivity (Wildman–Crippen MR) is 85.0 cm³/mol. The zero-order chi connectivity index (χ0) is 14.4. The molecular formula is C16H24BrNO. The number of halogens is 1. The minimum Gasteiger partial charge on any atom is -0.351 e. The van der Waals surface area contributed by atoms with Crippen LogP contribution >= 0.6 is 15.9 Å². The number of hydrogen-bond donors (Lipinski definition) is 1. The highest BCUT2D eigenvalue weighted by Gasteiger charge is 2.16. The van der Waals surface area contributed by atoms with E-state index >= 15 is 0 Å². The number of benzene rings is 1. The fourth-order valence-electron chi connectivity index (χ4n) is 2.36. The summed E-state index contributed by atoms with van der Waals surface area (Å²) in [4.78, 5) is 12.5. The van der Waals surface area contributed by atoms with Crippen LogP contribution in [0.4, 0.5) is 0 Å². The lowest BCUT2D eigenvalue weighted by Crippen LogP contribution is -2.33. The van der Waals surface area contributed by atoms with Gasteiger partial charge in [0.25, 0.3) is 5.91 Å². The van der Waals surface area contributed by atoms with Gasteiger partial charge in [-0.15, -0.1) is 0 Å². The van der Waals surface area contributed by atoms with Crippen LogP contribution in [0.25, 0.3) is 0 Å². The van der Waals surface area contributed by atoms with E-state index in [2.05, 4.69) is 41.2 Å². The number of aryl methyl sites for hydroxylation is 2. The molecule has 0 spiro atoms. The third-order valence-corrected chi connectivity index (χ3v) is 4.57. The van der Waals surface area contributed by atoms with E-state index in [1.807, 2.05) is 26.0 Å². The van der Waals surface area contributed by atoms with E-state index in [4.69, 9.17) is 0 Å². The standard InChI is InChI=1S/C16H24BrNO/c1-5-13(6-2)15(17)10-18-16(19)14-8-11(3)7-12(4)9-14/h7-9,13,15H,5-6,10H2,1-4H3,(H,18,19). The van der Waals surface area contributed by atoms with Gasteiger partial charge in [-0.3, -0.25) is 4.79 Å². The molecule has 2 nitrogen and oxygen atoms in total. The van der Waals surface area contributed by atoms with Crippen molar-refractivity contribution in [3.63, 3.8) is 0 Å². The monoisotopic (exact) mass is 325 g/mol. The van der Waals surface area contributed by atoms with E-state index < -0.39 is 0 Å². The number of nitrogens with one attached hydrogen (secondary N) is 1. The van der Waals surface area contributed by atoms with Crippen molar-refractivity contribution in [1.82, 2.24) is 5.32 Å². The fraction of sp³-hybridized carbons (Fsp3) is 0.562. The van der Waals surface area contributed by atoms with Crippen LogP contribution in [0.5, 0.6) is 0 Å². The molecule has 0 aromatic heterocycles. The SMILES string of the molecule is CCC(CC)C(Br)CNC(=O)c1cc(C)cc(C)c1. The van der Waals surface area contributed by atoms with Gasteiger partial charge in [0.2, 0.25) is 0 Å². The Kier molecular flexibility index (Phi) is 6.56. The average molecular weight is 326 g/mol. The second-order valence-corrected chi connectivity index (χ2v) is 6.36. The van der Waals surface area contributed by atoms with E-state index in [9.17, 15) is 4.79 Å². The molecule has 1 unspecified atom stereocenters. The smallest absolute Gasteiger partial charge is 0.251 e. The van der Waals surface area contributed by atoms with Gasteiger partial charge in [-0.1, -0.05) is 59.8 Å². The molecule has 0 aliphatic rings. The van der Waals surface area contributed by atoms with Gasteiger partial charge in [-0.25, -0.2) is 0 Å². The van der Waals surface area contributed by atoms with Crippen LogP contribution in [-0.2, 0) is 0 Å². The van der Waals surface area contributed by atoms with Crippen molar-refractivity contribution in [2.75, 3.05) is 6.54 Å². The zero-order valence-corrected chi connectivity index (χ0v) is 13.9. The topological polar surface area (TPSA) is 29.1 Å². The van der Waals surface area contributed by atoms with Gasteiger partial charge in [0.05, 0.1) is 0 Å². The Balaban J connectivity index is 2.60. The summed E-state index contributed by atoms with van der Waals surface area (Å²) in [5, 5.41) is 3.02. The van der Waals surface area contributed by atoms with Gasteiger partial charge in [0.1, 0.15) is 0 Å². The van der Waals surface area contributed by atoms with Gasteiger partial charge in [0, 0.05) is 16.9 Å². The molecule has 1 N–H and O–H groups in total. The largest absolute Gasteiger partial charge is 0.351 e. The van der Waals surface area contributed by atoms with Gasteiger partial charge in [-0.05, 0) is 31.9 Å². The zero-order valence-electron chi connectivity index (χ0n) is 12.3. The highest BCUT2D eigenvalue weighted by molar-refractivity contribution is 9.09. The van der Waals surface area contributed by atoms with Crippen molar-refractivity contribution >= 4 is 21.8 Å². The molecule has 0 saturated carbocycles. The molecule has 0 radical (unpaired) electrons. The van der Waals surface area contributed by atoms with Crippen molar-refractivity contribution in [3.8, 4) is 0 Å². The normalized spacial score (nSPS) is 12.5. The van der Waals surface area contributed by atoms with Gasteiger partial charge < -0.3 is 5.32 Å². The molecule has 0 aliphatic carbocycles. The summed E-state index contributed by atoms with van der Waals surface area (Å²) in [6.07, 6.45) is 2.26. The maximum absolute atomic E-state index is 12.1. The van der Waals surface area contributed by atoms with Crippen LogP contribution in [0.3, 0.4) is 0 Å². The van der Waals surface area contributed by atoms with Crippen molar-refractivity contribution in [2.24, 2.45) is 5.92 Å². The molecule has 0 bridgehead atoms. The molecule has 1 aromatic carbocycles. The van der Waals surface area contributed by atoms with Crippen LogP contribution in [0, 0.1) is 19.8 Å². The molecule has 0 fully saturated rings. The van der Waals surface area contributed by atoms with Crippen LogP contribution in [0.2, 0.25) is 0 Å². The lowest BCUT2D eigenvalue weighted by atomic mass is 9.99. The highest BCUT2D eigenvalue weighted by Crippen LogP contribution is 2.19. The lowest BCUT2D eigenvalue weighted by Gasteiger charge is -2.20. The second-order valence-electron chi connectivity index (χ2n) is 5.18. The molecule has 3 heteroatoms.